The summed E-state index contributed by atoms with van der Waals surface area (Å²) in [7, 11) is -1.01. The highest BCUT2D eigenvalue weighted by atomic mass is 32.2. The van der Waals surface area contributed by atoms with Gasteiger partial charge in [0.05, 0.1) is 11.4 Å². The smallest absolute Gasteiger partial charge is 0.211 e. The molecular formula is C21H36N4O2S. The van der Waals surface area contributed by atoms with Crippen molar-refractivity contribution in [3.05, 3.63) is 17.5 Å². The molecule has 1 saturated carbocycles. The number of rotatable bonds is 7. The summed E-state index contributed by atoms with van der Waals surface area (Å²) in [6, 6.07) is 2.73. The average Bonchev–Trinajstić information content (AvgIpc) is 3.09. The molecule has 1 aromatic heterocycles. The van der Waals surface area contributed by atoms with Crippen molar-refractivity contribution in [2.24, 2.45) is 13.0 Å². The molecule has 5 rings (SSSR count). The third-order valence-electron chi connectivity index (χ3n) is 7.23. The topological polar surface area (TPSA) is 67.2 Å². The Morgan fingerprint density at radius 2 is 2.00 bits per heavy atom. The summed E-state index contributed by atoms with van der Waals surface area (Å²) in [4.78, 5) is 2.51. The van der Waals surface area contributed by atoms with Crippen LogP contribution in [0.5, 0.6) is 0 Å². The number of nitrogens with one attached hydrogen (secondary N) is 1. The summed E-state index contributed by atoms with van der Waals surface area (Å²) >= 11 is 0. The van der Waals surface area contributed by atoms with Gasteiger partial charge in [-0.1, -0.05) is 26.2 Å². The lowest BCUT2D eigenvalue weighted by atomic mass is 9.74. The summed E-state index contributed by atoms with van der Waals surface area (Å²) < 4.78 is 29.0. The van der Waals surface area contributed by atoms with Gasteiger partial charge in [0.25, 0.3) is 0 Å². The Morgan fingerprint density at radius 3 is 2.68 bits per heavy atom. The lowest BCUT2D eigenvalue weighted by Gasteiger charge is -2.50. The molecule has 0 amide bonds. The first kappa shape index (κ1) is 20.4. The zero-order valence-corrected chi connectivity index (χ0v) is 18.3. The molecule has 4 fully saturated rings. The van der Waals surface area contributed by atoms with Crippen LogP contribution in [0.15, 0.2) is 6.07 Å². The van der Waals surface area contributed by atoms with Gasteiger partial charge in [0.1, 0.15) is 0 Å². The van der Waals surface area contributed by atoms with E-state index < -0.39 is 10.0 Å². The third-order valence-corrected chi connectivity index (χ3v) is 8.78. The zero-order chi connectivity index (χ0) is 19.7. The van der Waals surface area contributed by atoms with Gasteiger partial charge in [-0.15, -0.1) is 0 Å². The Balaban J connectivity index is 1.41. The third kappa shape index (κ3) is 4.31. The van der Waals surface area contributed by atoms with Crippen LogP contribution in [0.3, 0.4) is 0 Å². The van der Waals surface area contributed by atoms with E-state index in [0.717, 1.165) is 19.5 Å². The number of sulfonamides is 1. The Bertz CT molecular complexity index is 769. The Kier molecular flexibility index (Phi) is 6.14. The maximum Gasteiger partial charge on any atom is 0.211 e. The monoisotopic (exact) mass is 408 g/mol. The molecular weight excluding hydrogens is 372 g/mol. The second kappa shape index (κ2) is 8.44. The fraction of sp³-hybridized carbons (Fsp3) is 0.857. The molecule has 3 saturated heterocycles. The summed E-state index contributed by atoms with van der Waals surface area (Å²) in [5.41, 5.74) is 2.69. The molecule has 3 aliphatic heterocycles. The molecule has 4 aliphatic rings. The van der Waals surface area contributed by atoms with Crippen molar-refractivity contribution in [3.63, 3.8) is 0 Å². The van der Waals surface area contributed by atoms with Crippen LogP contribution in [0.2, 0.25) is 0 Å². The first-order valence-corrected chi connectivity index (χ1v) is 12.9. The van der Waals surface area contributed by atoms with Crippen LogP contribution < -0.4 is 4.72 Å². The van der Waals surface area contributed by atoms with Crippen LogP contribution in [-0.4, -0.2) is 54.5 Å². The number of aromatic nitrogens is 2. The Labute approximate surface area is 170 Å². The maximum atomic E-state index is 12.0. The van der Waals surface area contributed by atoms with Gasteiger partial charge in [-0.05, 0) is 50.6 Å². The van der Waals surface area contributed by atoms with Gasteiger partial charge in [-0.3, -0.25) is 9.58 Å². The Hall–Kier alpha value is -0.920. The van der Waals surface area contributed by atoms with Crippen LogP contribution in [0, 0.1) is 5.92 Å². The van der Waals surface area contributed by atoms with Crippen LogP contribution >= 0.6 is 0 Å². The highest BCUT2D eigenvalue weighted by Gasteiger charge is 2.42. The fourth-order valence-corrected chi connectivity index (χ4v) is 6.83. The molecule has 158 valence electrons. The molecule has 4 heterocycles. The largest absolute Gasteiger partial charge is 0.298 e. The Morgan fingerprint density at radius 1 is 1.21 bits per heavy atom. The van der Waals surface area contributed by atoms with E-state index in [2.05, 4.69) is 27.4 Å². The molecule has 1 unspecified atom stereocenters. The van der Waals surface area contributed by atoms with Crippen LogP contribution in [0.25, 0.3) is 0 Å². The lowest BCUT2D eigenvalue weighted by molar-refractivity contribution is 0.0306. The maximum absolute atomic E-state index is 12.0. The number of fused-ring (bicyclic) bond motifs is 3. The van der Waals surface area contributed by atoms with E-state index in [1.165, 1.54) is 49.9 Å². The molecule has 0 aromatic carbocycles. The van der Waals surface area contributed by atoms with Crippen LogP contribution in [0.1, 0.15) is 81.5 Å². The van der Waals surface area contributed by atoms with Crippen molar-refractivity contribution < 1.29 is 8.42 Å². The minimum absolute atomic E-state index is 0.227. The molecule has 28 heavy (non-hydrogen) atoms. The zero-order valence-electron chi connectivity index (χ0n) is 17.4. The van der Waals surface area contributed by atoms with Crippen molar-refractivity contribution in [2.75, 3.05) is 25.4 Å². The average molecular weight is 409 g/mol. The van der Waals surface area contributed by atoms with E-state index >= 15 is 0 Å². The van der Waals surface area contributed by atoms with E-state index in [0.29, 0.717) is 36.8 Å². The normalized spacial score (nSPS) is 31.4. The predicted molar refractivity (Wildman–Crippen MR) is 112 cm³/mol. The number of aryl methyl sites for hydroxylation is 1. The number of hydrogen-bond acceptors (Lipinski definition) is 4. The lowest BCUT2D eigenvalue weighted by Crippen LogP contribution is -2.56. The molecule has 0 radical (unpaired) electrons. The molecule has 1 aliphatic carbocycles. The summed E-state index contributed by atoms with van der Waals surface area (Å²) in [6.07, 6.45) is 9.60. The van der Waals surface area contributed by atoms with E-state index in [-0.39, 0.29) is 5.75 Å². The van der Waals surface area contributed by atoms with Crippen LogP contribution in [-0.2, 0) is 17.1 Å². The van der Waals surface area contributed by atoms with Crippen LogP contribution in [0.4, 0.5) is 0 Å². The van der Waals surface area contributed by atoms with Crippen molar-refractivity contribution in [1.29, 1.82) is 0 Å². The van der Waals surface area contributed by atoms with Gasteiger partial charge in [-0.2, -0.15) is 5.10 Å². The molecule has 0 spiro atoms. The number of hydrogen-bond donors (Lipinski definition) is 1. The van der Waals surface area contributed by atoms with E-state index in [1.807, 2.05) is 6.92 Å². The predicted octanol–water partition coefficient (Wildman–Crippen LogP) is 2.98. The van der Waals surface area contributed by atoms with E-state index in [4.69, 9.17) is 5.10 Å². The van der Waals surface area contributed by atoms with Crippen molar-refractivity contribution in [1.82, 2.24) is 19.4 Å². The molecule has 6 nitrogen and oxygen atoms in total. The molecule has 1 aromatic rings. The standard InChI is InChI=1S/C21H36N4O2S/c1-3-11-28(26,27)22-14-18-12-17-9-10-25(18)15-19(17)21-13-20(23-24(21)2)16-7-5-4-6-8-16/h13,16-19,22H,3-12,14-15H2,1-2H3/t17-,18+,19+/m1/s1. The number of piperidine rings is 3. The first-order chi connectivity index (χ1) is 13.5. The first-order valence-electron chi connectivity index (χ1n) is 11.2. The minimum Gasteiger partial charge on any atom is -0.298 e. The van der Waals surface area contributed by atoms with E-state index in [1.54, 1.807) is 0 Å². The quantitative estimate of drug-likeness (QED) is 0.753. The second-order valence-corrected chi connectivity index (χ2v) is 11.1. The summed E-state index contributed by atoms with van der Waals surface area (Å²) in [5, 5.41) is 4.91. The van der Waals surface area contributed by atoms with Gasteiger partial charge in [0.2, 0.25) is 10.0 Å². The summed E-state index contributed by atoms with van der Waals surface area (Å²) in [6.45, 7) is 4.60. The second-order valence-electron chi connectivity index (χ2n) is 9.16. The number of nitrogens with zero attached hydrogens (tertiary/aromatic N) is 3. The molecule has 7 heteroatoms. The minimum atomic E-state index is -3.12. The summed E-state index contributed by atoms with van der Waals surface area (Å²) in [5.74, 6) is 2.05. The van der Waals surface area contributed by atoms with Gasteiger partial charge in [0, 0.05) is 43.7 Å². The molecule has 4 atom stereocenters. The SMILES string of the molecule is CCCS(=O)(=O)NC[C@@H]1C[C@H]2CCN1C[C@@H]2c1cc(C2CCCCC2)nn1C. The highest BCUT2D eigenvalue weighted by Crippen LogP contribution is 2.42. The van der Waals surface area contributed by atoms with Gasteiger partial charge in [0.15, 0.2) is 0 Å². The van der Waals surface area contributed by atoms with Gasteiger partial charge >= 0.3 is 0 Å². The van der Waals surface area contributed by atoms with Crippen molar-refractivity contribution in [2.45, 2.75) is 76.2 Å². The fourth-order valence-electron chi connectivity index (χ4n) is 5.70. The van der Waals surface area contributed by atoms with E-state index in [9.17, 15) is 8.42 Å². The van der Waals surface area contributed by atoms with Gasteiger partial charge < -0.3 is 0 Å². The van der Waals surface area contributed by atoms with Crippen molar-refractivity contribution in [3.8, 4) is 0 Å². The molecule has 2 bridgehead atoms. The molecule has 1 N–H and O–H groups in total. The highest BCUT2D eigenvalue weighted by molar-refractivity contribution is 7.89. The van der Waals surface area contributed by atoms with Gasteiger partial charge in [-0.25, -0.2) is 13.1 Å². The van der Waals surface area contributed by atoms with Crippen molar-refractivity contribution >= 4 is 10.0 Å².